The molecule has 0 bridgehead atoms. The molecule has 1 aromatic carbocycles. The molecule has 0 saturated carbocycles. The fourth-order valence-electron chi connectivity index (χ4n) is 3.98. The average Bonchev–Trinajstić information content (AvgIpc) is 2.66. The third kappa shape index (κ3) is 3.46. The van der Waals surface area contributed by atoms with E-state index in [0.717, 1.165) is 38.1 Å². The van der Waals surface area contributed by atoms with Crippen LogP contribution in [0.25, 0.3) is 0 Å². The summed E-state index contributed by atoms with van der Waals surface area (Å²) in [6, 6.07) is 4.59. The Morgan fingerprint density at radius 2 is 1.83 bits per heavy atom. The Kier molecular flexibility index (Phi) is 4.78. The van der Waals surface area contributed by atoms with Crippen LogP contribution >= 0.6 is 0 Å². The van der Waals surface area contributed by atoms with E-state index in [0.29, 0.717) is 17.9 Å². The molecule has 2 N–H and O–H groups in total. The topological polar surface area (TPSA) is 102 Å². The van der Waals surface area contributed by atoms with Gasteiger partial charge in [-0.3, -0.25) is 14.6 Å². The van der Waals surface area contributed by atoms with Crippen LogP contribution < -0.4 is 15.8 Å². The van der Waals surface area contributed by atoms with E-state index in [2.05, 4.69) is 22.2 Å². The SMILES string of the molecule is CC1CCN(c2nc3c(c(=O)[nH]2)C(c2cc(F)cc(F)c2)C(C#N)C(=O)N3)CC1. The van der Waals surface area contributed by atoms with Gasteiger partial charge in [0.1, 0.15) is 23.4 Å². The van der Waals surface area contributed by atoms with Crippen LogP contribution in [-0.2, 0) is 4.79 Å². The van der Waals surface area contributed by atoms with Crippen molar-refractivity contribution >= 4 is 17.7 Å². The minimum Gasteiger partial charge on any atom is -0.342 e. The maximum atomic E-state index is 13.8. The lowest BCUT2D eigenvalue weighted by Crippen LogP contribution is -2.40. The van der Waals surface area contributed by atoms with Gasteiger partial charge in [-0.2, -0.15) is 10.2 Å². The second kappa shape index (κ2) is 7.28. The first-order valence-electron chi connectivity index (χ1n) is 9.43. The standard InChI is InChI=1S/C20H19F2N5O2/c1-10-2-4-27(5-3-10)20-25-17-16(19(29)26-20)15(14(9-23)18(28)24-17)11-6-12(21)8-13(22)7-11/h6-8,10,14-15H,2-5H2,1H3,(H2,24,25,26,28,29). The number of carbonyl (C=O) groups excluding carboxylic acids is 1. The Morgan fingerprint density at radius 1 is 1.17 bits per heavy atom. The van der Waals surface area contributed by atoms with Crippen LogP contribution in [0.2, 0.25) is 0 Å². The van der Waals surface area contributed by atoms with Gasteiger partial charge in [-0.25, -0.2) is 8.78 Å². The van der Waals surface area contributed by atoms with E-state index in [1.807, 2.05) is 11.0 Å². The number of nitrogens with zero attached hydrogens (tertiary/aromatic N) is 3. The summed E-state index contributed by atoms with van der Waals surface area (Å²) >= 11 is 0. The molecule has 0 aliphatic carbocycles. The maximum absolute atomic E-state index is 13.8. The van der Waals surface area contributed by atoms with Crippen LogP contribution in [0, 0.1) is 34.8 Å². The molecule has 150 valence electrons. The fraction of sp³-hybridized carbons (Fsp3) is 0.400. The Labute approximate surface area is 165 Å². The summed E-state index contributed by atoms with van der Waals surface area (Å²) in [6.45, 7) is 3.59. The van der Waals surface area contributed by atoms with Gasteiger partial charge < -0.3 is 10.2 Å². The summed E-state index contributed by atoms with van der Waals surface area (Å²) in [6.07, 6.45) is 1.91. The summed E-state index contributed by atoms with van der Waals surface area (Å²) in [5, 5.41) is 12.0. The van der Waals surface area contributed by atoms with Gasteiger partial charge in [-0.05, 0) is 36.5 Å². The fourth-order valence-corrected chi connectivity index (χ4v) is 3.98. The van der Waals surface area contributed by atoms with E-state index in [1.54, 1.807) is 0 Å². The van der Waals surface area contributed by atoms with Gasteiger partial charge in [0.05, 0.1) is 11.6 Å². The van der Waals surface area contributed by atoms with Crippen molar-refractivity contribution in [2.45, 2.75) is 25.7 Å². The summed E-state index contributed by atoms with van der Waals surface area (Å²) in [7, 11) is 0. The number of H-pyrrole nitrogens is 1. The van der Waals surface area contributed by atoms with Crippen LogP contribution in [0.5, 0.6) is 0 Å². The Bertz CT molecular complexity index is 1050. The summed E-state index contributed by atoms with van der Waals surface area (Å²) in [5.41, 5.74) is -0.481. The molecule has 2 unspecified atom stereocenters. The highest BCUT2D eigenvalue weighted by atomic mass is 19.1. The Hall–Kier alpha value is -3.28. The second-order valence-corrected chi connectivity index (χ2v) is 7.60. The molecule has 2 aliphatic rings. The number of piperidine rings is 1. The quantitative estimate of drug-likeness (QED) is 0.808. The molecule has 1 aromatic heterocycles. The monoisotopic (exact) mass is 399 g/mol. The van der Waals surface area contributed by atoms with Crippen molar-refractivity contribution in [2.24, 2.45) is 11.8 Å². The number of carbonyl (C=O) groups is 1. The molecule has 3 heterocycles. The number of anilines is 2. The van der Waals surface area contributed by atoms with Gasteiger partial charge in [-0.1, -0.05) is 6.92 Å². The minimum atomic E-state index is -1.31. The van der Waals surface area contributed by atoms with E-state index in [1.165, 1.54) is 0 Å². The summed E-state index contributed by atoms with van der Waals surface area (Å²) < 4.78 is 27.6. The zero-order valence-electron chi connectivity index (χ0n) is 15.7. The van der Waals surface area contributed by atoms with E-state index < -0.39 is 34.9 Å². The molecule has 29 heavy (non-hydrogen) atoms. The lowest BCUT2D eigenvalue weighted by Gasteiger charge is -2.33. The molecule has 0 radical (unpaired) electrons. The smallest absolute Gasteiger partial charge is 0.258 e. The van der Waals surface area contributed by atoms with Crippen LogP contribution in [-0.4, -0.2) is 29.0 Å². The number of hydrogen-bond acceptors (Lipinski definition) is 5. The predicted octanol–water partition coefficient (Wildman–Crippen LogP) is 2.51. The van der Waals surface area contributed by atoms with Gasteiger partial charge >= 0.3 is 0 Å². The van der Waals surface area contributed by atoms with Crippen LogP contribution in [0.15, 0.2) is 23.0 Å². The van der Waals surface area contributed by atoms with Crippen LogP contribution in [0.1, 0.15) is 36.8 Å². The molecule has 9 heteroatoms. The van der Waals surface area contributed by atoms with Crippen molar-refractivity contribution in [3.05, 3.63) is 51.3 Å². The number of nitriles is 1. The van der Waals surface area contributed by atoms with Gasteiger partial charge in [0.15, 0.2) is 0 Å². The number of aromatic amines is 1. The van der Waals surface area contributed by atoms with Crippen LogP contribution in [0.4, 0.5) is 20.5 Å². The normalized spacial score (nSPS) is 22.0. The molecular weight excluding hydrogens is 380 g/mol. The summed E-state index contributed by atoms with van der Waals surface area (Å²) in [5.74, 6) is -3.87. The first-order chi connectivity index (χ1) is 13.9. The largest absolute Gasteiger partial charge is 0.342 e. The lowest BCUT2D eigenvalue weighted by atomic mass is 9.79. The average molecular weight is 399 g/mol. The van der Waals surface area contributed by atoms with E-state index >= 15 is 0 Å². The number of aromatic nitrogens is 2. The van der Waals surface area contributed by atoms with Gasteiger partial charge in [-0.15, -0.1) is 0 Å². The minimum absolute atomic E-state index is 0.0218. The van der Waals surface area contributed by atoms with Crippen LogP contribution in [0.3, 0.4) is 0 Å². The van der Waals surface area contributed by atoms with Crippen molar-refractivity contribution in [1.82, 2.24) is 9.97 Å². The van der Waals surface area contributed by atoms with Crippen molar-refractivity contribution in [1.29, 1.82) is 5.26 Å². The predicted molar refractivity (Wildman–Crippen MR) is 101 cm³/mol. The molecule has 2 aromatic rings. The molecule has 0 spiro atoms. The highest BCUT2D eigenvalue weighted by molar-refractivity contribution is 5.97. The van der Waals surface area contributed by atoms with E-state index in [9.17, 15) is 23.6 Å². The maximum Gasteiger partial charge on any atom is 0.258 e. The highest BCUT2D eigenvalue weighted by Crippen LogP contribution is 2.38. The molecule has 7 nitrogen and oxygen atoms in total. The molecule has 2 atom stereocenters. The summed E-state index contributed by atoms with van der Waals surface area (Å²) in [4.78, 5) is 34.5. The first-order valence-corrected chi connectivity index (χ1v) is 9.43. The molecular formula is C20H19F2N5O2. The van der Waals surface area contributed by atoms with Gasteiger partial charge in [0.2, 0.25) is 11.9 Å². The molecule has 1 amide bonds. The molecule has 4 rings (SSSR count). The zero-order valence-corrected chi connectivity index (χ0v) is 15.7. The lowest BCUT2D eigenvalue weighted by molar-refractivity contribution is -0.119. The number of halogens is 2. The number of fused-ring (bicyclic) bond motifs is 1. The first kappa shape index (κ1) is 19.1. The van der Waals surface area contributed by atoms with Crippen molar-refractivity contribution in [3.63, 3.8) is 0 Å². The van der Waals surface area contributed by atoms with Crippen molar-refractivity contribution in [2.75, 3.05) is 23.3 Å². The molecule has 2 aliphatic heterocycles. The Morgan fingerprint density at radius 3 is 2.45 bits per heavy atom. The third-order valence-electron chi connectivity index (χ3n) is 5.58. The van der Waals surface area contributed by atoms with Crippen molar-refractivity contribution < 1.29 is 13.6 Å². The second-order valence-electron chi connectivity index (χ2n) is 7.60. The van der Waals surface area contributed by atoms with E-state index in [4.69, 9.17) is 0 Å². The third-order valence-corrected chi connectivity index (χ3v) is 5.58. The number of amides is 1. The van der Waals surface area contributed by atoms with Crippen molar-refractivity contribution in [3.8, 4) is 6.07 Å². The molecule has 1 saturated heterocycles. The number of nitrogens with one attached hydrogen (secondary N) is 2. The van der Waals surface area contributed by atoms with E-state index in [-0.39, 0.29) is 16.9 Å². The highest BCUT2D eigenvalue weighted by Gasteiger charge is 2.40. The number of rotatable bonds is 2. The Balaban J connectivity index is 1.83. The number of hydrogen-bond donors (Lipinski definition) is 2. The van der Waals surface area contributed by atoms with Gasteiger partial charge in [0.25, 0.3) is 5.56 Å². The molecule has 1 fully saturated rings. The number of benzene rings is 1. The zero-order chi connectivity index (χ0) is 20.7. The van der Waals surface area contributed by atoms with Gasteiger partial charge in [0, 0.05) is 25.1 Å².